The molecule has 3 unspecified atom stereocenters. The first-order valence-electron chi connectivity index (χ1n) is 19.3. The number of aliphatic hydroxyl groups is 1. The van der Waals surface area contributed by atoms with E-state index in [1.807, 2.05) is 27.2 Å². The fourth-order valence-corrected chi connectivity index (χ4v) is 5.53. The van der Waals surface area contributed by atoms with Crippen LogP contribution in [0.3, 0.4) is 0 Å². The Bertz CT molecular complexity index is 1040. The van der Waals surface area contributed by atoms with E-state index in [4.69, 9.17) is 9.05 Å². The van der Waals surface area contributed by atoms with Gasteiger partial charge in [0, 0.05) is 6.42 Å². The summed E-state index contributed by atoms with van der Waals surface area (Å²) in [5, 5.41) is 13.6. The van der Waals surface area contributed by atoms with Crippen molar-refractivity contribution in [3.05, 3.63) is 72.9 Å². The molecule has 0 fully saturated rings. The number of likely N-dealkylation sites (N-methyl/N-ethyl adjacent to an activating group) is 1. The molecule has 0 saturated heterocycles. The molecule has 0 rings (SSSR count). The molecule has 0 heterocycles. The molecule has 0 spiro atoms. The quantitative estimate of drug-likeness (QED) is 0.0303. The van der Waals surface area contributed by atoms with Crippen molar-refractivity contribution >= 4 is 13.7 Å². The van der Waals surface area contributed by atoms with Crippen LogP contribution >= 0.6 is 7.82 Å². The molecule has 0 aromatic rings. The molecule has 2 N–H and O–H groups in total. The number of amides is 1. The van der Waals surface area contributed by atoms with Gasteiger partial charge in [-0.15, -0.1) is 0 Å². The lowest BCUT2D eigenvalue weighted by atomic mass is 10.1. The van der Waals surface area contributed by atoms with Crippen LogP contribution in [0.1, 0.15) is 129 Å². The molecule has 50 heavy (non-hydrogen) atoms. The second-order valence-electron chi connectivity index (χ2n) is 13.9. The first kappa shape index (κ1) is 47.9. The number of nitrogens with one attached hydrogen (secondary N) is 1. The van der Waals surface area contributed by atoms with E-state index < -0.39 is 26.6 Å². The minimum atomic E-state index is -4.60. The zero-order valence-electron chi connectivity index (χ0n) is 32.3. The third-order valence-electron chi connectivity index (χ3n) is 7.90. The Hall–Kier alpha value is -2.06. The molecule has 8 nitrogen and oxygen atoms in total. The van der Waals surface area contributed by atoms with Crippen molar-refractivity contribution in [2.75, 3.05) is 40.9 Å². The van der Waals surface area contributed by atoms with Crippen molar-refractivity contribution in [3.8, 4) is 0 Å². The van der Waals surface area contributed by atoms with Crippen LogP contribution in [0.15, 0.2) is 72.9 Å². The smallest absolute Gasteiger partial charge is 0.268 e. The molecule has 0 aliphatic rings. The fraction of sp³-hybridized carbons (Fsp3) is 0.683. The average Bonchev–Trinajstić information content (AvgIpc) is 3.06. The SMILES string of the molecule is CC/C=C\C/C=C\C/C=C\C/C=C\CCCCCCC(=O)NC(COP(=O)([O-])OCC[N+](C)(C)C)C(O)/C=C/CC/C=C/CCCCCCC. The molecular formula is C41H73N2O6P. The van der Waals surface area contributed by atoms with Gasteiger partial charge in [0.25, 0.3) is 7.82 Å². The Morgan fingerprint density at radius 2 is 1.24 bits per heavy atom. The molecule has 0 aliphatic heterocycles. The van der Waals surface area contributed by atoms with Gasteiger partial charge in [-0.05, 0) is 70.6 Å². The van der Waals surface area contributed by atoms with Gasteiger partial charge in [0.05, 0.1) is 39.9 Å². The standard InChI is InChI=1S/C41H73N2O6P/c1-6-8-10-12-14-16-18-19-20-21-22-23-25-27-29-31-33-35-41(45)42-39(38-49-50(46,47)48-37-36-43(3,4)5)40(44)34-32-30-28-26-24-17-15-13-11-9-7-2/h8,10,14,16,19-20,22-24,26,32,34,39-40,44H,6-7,9,11-13,15,17-18,21,25,27-31,33,35-38H2,1-5H3,(H-,42,45,46,47)/b10-8-,16-14-,20-19-,23-22-,26-24+,34-32+. The molecule has 0 bridgehead atoms. The molecule has 0 aromatic carbocycles. The first-order valence-corrected chi connectivity index (χ1v) is 20.8. The number of carbonyl (C=O) groups is 1. The van der Waals surface area contributed by atoms with Crippen molar-refractivity contribution in [1.29, 1.82) is 0 Å². The van der Waals surface area contributed by atoms with Gasteiger partial charge in [0.15, 0.2) is 0 Å². The van der Waals surface area contributed by atoms with Crippen LogP contribution in [-0.4, -0.2) is 68.5 Å². The normalized spacial score (nSPS) is 15.4. The number of unbranched alkanes of at least 4 members (excludes halogenated alkanes) is 10. The summed E-state index contributed by atoms with van der Waals surface area (Å²) in [6.45, 7) is 4.42. The number of phosphoric acid groups is 1. The molecule has 0 saturated carbocycles. The lowest BCUT2D eigenvalue weighted by Crippen LogP contribution is -2.45. The third-order valence-corrected chi connectivity index (χ3v) is 8.86. The van der Waals surface area contributed by atoms with Gasteiger partial charge in [-0.3, -0.25) is 9.36 Å². The highest BCUT2D eigenvalue weighted by Crippen LogP contribution is 2.38. The summed E-state index contributed by atoms with van der Waals surface area (Å²) in [6, 6.07) is -0.917. The molecule has 3 atom stereocenters. The van der Waals surface area contributed by atoms with Crippen LogP contribution < -0.4 is 10.2 Å². The Labute approximate surface area is 306 Å². The van der Waals surface area contributed by atoms with E-state index in [0.29, 0.717) is 17.4 Å². The monoisotopic (exact) mass is 721 g/mol. The Kier molecular flexibility index (Phi) is 31.5. The number of hydrogen-bond donors (Lipinski definition) is 2. The topological polar surface area (TPSA) is 108 Å². The van der Waals surface area contributed by atoms with Crippen molar-refractivity contribution in [3.63, 3.8) is 0 Å². The van der Waals surface area contributed by atoms with Gasteiger partial charge in [0.1, 0.15) is 13.2 Å². The highest BCUT2D eigenvalue weighted by Gasteiger charge is 2.23. The van der Waals surface area contributed by atoms with E-state index in [1.165, 1.54) is 32.1 Å². The van der Waals surface area contributed by atoms with E-state index in [-0.39, 0.29) is 12.5 Å². The molecule has 288 valence electrons. The summed E-state index contributed by atoms with van der Waals surface area (Å²) in [5.74, 6) is -0.237. The van der Waals surface area contributed by atoms with E-state index in [2.05, 4.69) is 79.9 Å². The lowest BCUT2D eigenvalue weighted by Gasteiger charge is -2.29. The predicted molar refractivity (Wildman–Crippen MR) is 210 cm³/mol. The van der Waals surface area contributed by atoms with Crippen LogP contribution in [0.5, 0.6) is 0 Å². The second kappa shape index (κ2) is 32.8. The minimum Gasteiger partial charge on any atom is -0.756 e. The number of rotatable bonds is 33. The number of quaternary nitrogens is 1. The number of phosphoric ester groups is 1. The maximum atomic E-state index is 12.8. The average molecular weight is 721 g/mol. The third kappa shape index (κ3) is 34.4. The number of hydrogen-bond acceptors (Lipinski definition) is 6. The number of allylic oxidation sites excluding steroid dienone is 11. The van der Waals surface area contributed by atoms with Gasteiger partial charge in [-0.2, -0.15) is 0 Å². The summed E-state index contributed by atoms with van der Waals surface area (Å²) in [4.78, 5) is 25.1. The molecule has 9 heteroatoms. The van der Waals surface area contributed by atoms with Crippen molar-refractivity contribution < 1.29 is 32.9 Å². The van der Waals surface area contributed by atoms with Crippen LogP contribution in [-0.2, 0) is 18.4 Å². The molecular weight excluding hydrogens is 647 g/mol. The minimum absolute atomic E-state index is 0.0156. The second-order valence-corrected chi connectivity index (χ2v) is 15.3. The van der Waals surface area contributed by atoms with Crippen molar-refractivity contribution in [2.45, 2.75) is 142 Å². The van der Waals surface area contributed by atoms with Crippen LogP contribution in [0.4, 0.5) is 0 Å². The summed E-state index contributed by atoms with van der Waals surface area (Å²) in [6.07, 6.45) is 42.3. The van der Waals surface area contributed by atoms with Gasteiger partial charge < -0.3 is 28.8 Å². The van der Waals surface area contributed by atoms with Crippen LogP contribution in [0, 0.1) is 0 Å². The lowest BCUT2D eigenvalue weighted by molar-refractivity contribution is -0.870. The largest absolute Gasteiger partial charge is 0.756 e. The Morgan fingerprint density at radius 3 is 1.84 bits per heavy atom. The zero-order chi connectivity index (χ0) is 37.2. The molecule has 0 aromatic heterocycles. The fourth-order valence-electron chi connectivity index (χ4n) is 4.80. The Balaban J connectivity index is 4.61. The van der Waals surface area contributed by atoms with E-state index in [9.17, 15) is 19.4 Å². The number of nitrogens with zero attached hydrogens (tertiary/aromatic N) is 1. The molecule has 1 amide bonds. The maximum absolute atomic E-state index is 12.8. The van der Waals surface area contributed by atoms with Gasteiger partial charge >= 0.3 is 0 Å². The Morgan fingerprint density at radius 1 is 0.720 bits per heavy atom. The number of carbonyl (C=O) groups excluding carboxylic acids is 1. The van der Waals surface area contributed by atoms with Crippen molar-refractivity contribution in [1.82, 2.24) is 5.32 Å². The maximum Gasteiger partial charge on any atom is 0.268 e. The first-order chi connectivity index (χ1) is 24.0. The summed E-state index contributed by atoms with van der Waals surface area (Å²) in [7, 11) is 1.21. The van der Waals surface area contributed by atoms with Crippen LogP contribution in [0.25, 0.3) is 0 Å². The zero-order valence-corrected chi connectivity index (χ0v) is 33.2. The van der Waals surface area contributed by atoms with Gasteiger partial charge in [-0.1, -0.05) is 125 Å². The van der Waals surface area contributed by atoms with Crippen LogP contribution in [0.2, 0.25) is 0 Å². The van der Waals surface area contributed by atoms with E-state index >= 15 is 0 Å². The molecule has 0 radical (unpaired) electrons. The predicted octanol–water partition coefficient (Wildman–Crippen LogP) is 9.44. The van der Waals surface area contributed by atoms with Gasteiger partial charge in [0.2, 0.25) is 5.91 Å². The number of aliphatic hydroxyl groups excluding tert-OH is 1. The van der Waals surface area contributed by atoms with E-state index in [1.54, 1.807) is 6.08 Å². The summed E-state index contributed by atoms with van der Waals surface area (Å²) >= 11 is 0. The highest BCUT2D eigenvalue weighted by atomic mass is 31.2. The highest BCUT2D eigenvalue weighted by molar-refractivity contribution is 7.45. The van der Waals surface area contributed by atoms with Crippen molar-refractivity contribution in [2.24, 2.45) is 0 Å². The summed E-state index contributed by atoms with van der Waals surface area (Å²) in [5.41, 5.74) is 0. The summed E-state index contributed by atoms with van der Waals surface area (Å²) < 4.78 is 23.0. The molecule has 0 aliphatic carbocycles. The van der Waals surface area contributed by atoms with Gasteiger partial charge in [-0.25, -0.2) is 0 Å². The van der Waals surface area contributed by atoms with E-state index in [0.717, 1.165) is 77.0 Å².